The molecule has 9 heteroatoms. The van der Waals surface area contributed by atoms with E-state index in [4.69, 9.17) is 18.2 Å². The van der Waals surface area contributed by atoms with Crippen LogP contribution in [-0.4, -0.2) is 29.4 Å². The molecule has 0 N–H and O–H groups in total. The van der Waals surface area contributed by atoms with Gasteiger partial charge in [0.2, 0.25) is 0 Å². The summed E-state index contributed by atoms with van der Waals surface area (Å²) in [6.45, 7) is 21.2. The van der Waals surface area contributed by atoms with Crippen molar-refractivity contribution in [2.24, 2.45) is 0 Å². The largest absolute Gasteiger partial charge is 0.238 e. The van der Waals surface area contributed by atoms with E-state index in [0.29, 0.717) is 28.1 Å². The lowest BCUT2D eigenvalue weighted by Crippen LogP contribution is -2.00. The van der Waals surface area contributed by atoms with E-state index in [9.17, 15) is 12.8 Å². The van der Waals surface area contributed by atoms with Crippen molar-refractivity contribution in [2.75, 3.05) is 6.26 Å². The third-order valence-corrected chi connectivity index (χ3v) is 7.75. The summed E-state index contributed by atoms with van der Waals surface area (Å²) < 4.78 is 37.3. The van der Waals surface area contributed by atoms with Crippen LogP contribution in [0.25, 0.3) is 10.5 Å². The number of hydrogen-bond acceptors (Lipinski definition) is 4. The smallest absolute Gasteiger partial charge is 0.188 e. The van der Waals surface area contributed by atoms with Crippen LogP contribution in [0.1, 0.15) is 81.5 Å². The van der Waals surface area contributed by atoms with Gasteiger partial charge in [-0.1, -0.05) is 77.4 Å². The number of hydrogen-bond donors (Lipinski definition) is 0. The molecule has 0 saturated carbocycles. The summed E-state index contributed by atoms with van der Waals surface area (Å²) in [5.41, 5.74) is 6.00. The Morgan fingerprint density at radius 1 is 0.878 bits per heavy atom. The van der Waals surface area contributed by atoms with Crippen LogP contribution < -0.4 is 0 Å². The lowest BCUT2D eigenvalue weighted by Gasteiger charge is -2.11. The number of halogens is 2. The predicted octanol–water partition coefficient (Wildman–Crippen LogP) is 9.07. The second kappa shape index (κ2) is 14.9. The van der Waals surface area contributed by atoms with Crippen LogP contribution in [0.3, 0.4) is 0 Å². The topological polar surface area (TPSA) is 69.2 Å². The minimum absolute atomic E-state index is 0.0272. The molecule has 1 heterocycles. The van der Waals surface area contributed by atoms with E-state index in [1.165, 1.54) is 23.3 Å². The van der Waals surface area contributed by atoms with Gasteiger partial charge in [0.05, 0.1) is 17.2 Å². The first-order chi connectivity index (χ1) is 19.1. The van der Waals surface area contributed by atoms with E-state index in [-0.39, 0.29) is 10.8 Å². The predicted molar refractivity (Wildman–Crippen MR) is 166 cm³/mol. The molecule has 0 saturated heterocycles. The Labute approximate surface area is 249 Å². The Hall–Kier alpha value is -3.54. The molecule has 41 heavy (non-hydrogen) atoms. The minimum Gasteiger partial charge on any atom is -0.238 e. The molecular weight excluding hydrogens is 559 g/mol. The van der Waals surface area contributed by atoms with Gasteiger partial charge >= 0.3 is 0 Å². The van der Waals surface area contributed by atoms with Crippen LogP contribution >= 0.6 is 11.6 Å². The van der Waals surface area contributed by atoms with Gasteiger partial charge in [0.25, 0.3) is 0 Å². The Morgan fingerprint density at radius 2 is 1.46 bits per heavy atom. The SMILES string of the molecule is CC(C)c1ccc(S(C)(=O)=O)cc1F.Cc1cc(-n2cncn2)ccc1C(C)C.[C-]#[N+]c1ccc(C(C)C)c(Cl)c1. The van der Waals surface area contributed by atoms with Crippen molar-refractivity contribution in [1.82, 2.24) is 14.8 Å². The lowest BCUT2D eigenvalue weighted by atomic mass is 9.98. The van der Waals surface area contributed by atoms with Crippen LogP contribution in [0.15, 0.2) is 72.1 Å². The number of nitrogens with zero attached hydrogens (tertiary/aromatic N) is 4. The molecule has 1 aromatic heterocycles. The fraction of sp³-hybridized carbons (Fsp3) is 0.344. The van der Waals surface area contributed by atoms with E-state index >= 15 is 0 Å². The molecule has 3 aromatic carbocycles. The van der Waals surface area contributed by atoms with Crippen LogP contribution in [0.2, 0.25) is 5.02 Å². The van der Waals surface area contributed by atoms with Crippen LogP contribution in [-0.2, 0) is 9.84 Å². The second-order valence-corrected chi connectivity index (χ2v) is 13.0. The van der Waals surface area contributed by atoms with Crippen molar-refractivity contribution in [2.45, 2.75) is 71.1 Å². The van der Waals surface area contributed by atoms with Crippen LogP contribution in [0.5, 0.6) is 0 Å². The highest BCUT2D eigenvalue weighted by Gasteiger charge is 2.12. The quantitative estimate of drug-likeness (QED) is 0.215. The Bertz CT molecular complexity index is 1590. The highest BCUT2D eigenvalue weighted by atomic mass is 35.5. The van der Waals surface area contributed by atoms with Gasteiger partial charge in [-0.3, -0.25) is 0 Å². The monoisotopic (exact) mass is 596 g/mol. The molecule has 0 aliphatic heterocycles. The first-order valence-electron chi connectivity index (χ1n) is 13.3. The maximum absolute atomic E-state index is 13.4. The summed E-state index contributed by atoms with van der Waals surface area (Å²) in [4.78, 5) is 7.26. The number of aryl methyl sites for hydroxylation is 1. The van der Waals surface area contributed by atoms with Gasteiger partial charge < -0.3 is 0 Å². The standard InChI is InChI=1S/C12H15N3.C10H10ClN.C10H13FO2S/c1-9(2)12-5-4-11(6-10(12)3)15-8-13-7-14-15;1-7(2)9-5-4-8(12-3)6-10(9)11;1-7(2)9-5-4-8(6-10(9)11)14(3,12)13/h4-9H,1-3H3;4-7H,1-2H3;4-7H,1-3H3. The zero-order valence-electron chi connectivity index (χ0n) is 24.9. The minimum atomic E-state index is -3.31. The third kappa shape index (κ3) is 9.80. The van der Waals surface area contributed by atoms with Crippen molar-refractivity contribution in [3.8, 4) is 5.69 Å². The van der Waals surface area contributed by atoms with Gasteiger partial charge in [-0.25, -0.2) is 27.3 Å². The lowest BCUT2D eigenvalue weighted by molar-refractivity contribution is 0.584. The molecule has 0 atom stereocenters. The maximum Gasteiger partial charge on any atom is 0.188 e. The second-order valence-electron chi connectivity index (χ2n) is 10.6. The summed E-state index contributed by atoms with van der Waals surface area (Å²) in [6.07, 6.45) is 4.33. The molecule has 0 bridgehead atoms. The van der Waals surface area contributed by atoms with Gasteiger partial charge in [-0.2, -0.15) is 5.10 Å². The fourth-order valence-corrected chi connectivity index (χ4v) is 5.08. The molecule has 0 aliphatic rings. The molecule has 0 spiro atoms. The Balaban J connectivity index is 0.000000217. The van der Waals surface area contributed by atoms with Gasteiger partial charge in [-0.05, 0) is 77.3 Å². The van der Waals surface area contributed by atoms with Gasteiger partial charge in [0.15, 0.2) is 15.5 Å². The molecule has 0 unspecified atom stereocenters. The third-order valence-electron chi connectivity index (χ3n) is 6.32. The Morgan fingerprint density at radius 3 is 1.90 bits per heavy atom. The number of sulfone groups is 1. The van der Waals surface area contributed by atoms with Gasteiger partial charge in [0.1, 0.15) is 18.5 Å². The average molecular weight is 597 g/mol. The zero-order valence-corrected chi connectivity index (χ0v) is 26.4. The van der Waals surface area contributed by atoms with Gasteiger partial charge in [0, 0.05) is 11.3 Å². The summed E-state index contributed by atoms with van der Waals surface area (Å²) >= 11 is 5.96. The molecule has 218 valence electrons. The Kier molecular flexibility index (Phi) is 12.2. The molecule has 0 radical (unpaired) electrons. The maximum atomic E-state index is 13.4. The molecule has 0 fully saturated rings. The van der Waals surface area contributed by atoms with E-state index in [1.54, 1.807) is 29.5 Å². The number of aromatic nitrogens is 3. The fourth-order valence-electron chi connectivity index (χ4n) is 4.05. The zero-order chi connectivity index (χ0) is 30.9. The van der Waals surface area contributed by atoms with E-state index in [2.05, 4.69) is 67.7 Å². The van der Waals surface area contributed by atoms with Crippen molar-refractivity contribution in [3.63, 3.8) is 0 Å². The highest BCUT2D eigenvalue weighted by molar-refractivity contribution is 7.90. The summed E-state index contributed by atoms with van der Waals surface area (Å²) in [5, 5.41) is 4.80. The van der Waals surface area contributed by atoms with E-state index in [0.717, 1.165) is 23.6 Å². The molecule has 0 aliphatic carbocycles. The molecule has 4 rings (SSSR count). The summed E-state index contributed by atoms with van der Waals surface area (Å²) in [6, 6.07) is 15.9. The van der Waals surface area contributed by atoms with E-state index in [1.807, 2.05) is 19.9 Å². The normalized spacial score (nSPS) is 11.0. The molecule has 4 aromatic rings. The van der Waals surface area contributed by atoms with Crippen LogP contribution in [0, 0.1) is 19.3 Å². The highest BCUT2D eigenvalue weighted by Crippen LogP contribution is 2.28. The first kappa shape index (κ1) is 33.7. The van der Waals surface area contributed by atoms with Crippen molar-refractivity contribution < 1.29 is 12.8 Å². The van der Waals surface area contributed by atoms with Crippen LogP contribution in [0.4, 0.5) is 10.1 Å². The number of rotatable bonds is 5. The van der Waals surface area contributed by atoms with Gasteiger partial charge in [-0.15, -0.1) is 0 Å². The first-order valence-corrected chi connectivity index (χ1v) is 15.5. The average Bonchev–Trinajstić information content (AvgIpc) is 3.43. The van der Waals surface area contributed by atoms with E-state index < -0.39 is 15.7 Å². The molecule has 6 nitrogen and oxygen atoms in total. The summed E-state index contributed by atoms with van der Waals surface area (Å²) in [7, 11) is -3.31. The molecule has 0 amide bonds. The summed E-state index contributed by atoms with van der Waals surface area (Å²) in [5.74, 6) is 0.582. The van der Waals surface area contributed by atoms with Crippen molar-refractivity contribution in [1.29, 1.82) is 0 Å². The van der Waals surface area contributed by atoms with Crippen molar-refractivity contribution in [3.05, 3.63) is 112 Å². The number of benzene rings is 3. The molecular formula is C32H38ClFN4O2S. The van der Waals surface area contributed by atoms with Crippen molar-refractivity contribution >= 4 is 27.1 Å².